The fourth-order valence-corrected chi connectivity index (χ4v) is 5.85. The van der Waals surface area contributed by atoms with Gasteiger partial charge in [-0.05, 0) is 60.9 Å². The van der Waals surface area contributed by atoms with E-state index in [-0.39, 0.29) is 12.5 Å². The van der Waals surface area contributed by atoms with E-state index in [1.807, 2.05) is 30.3 Å². The number of benzene rings is 2. The van der Waals surface area contributed by atoms with Crippen LogP contribution < -0.4 is 10.1 Å². The Morgan fingerprint density at radius 2 is 1.78 bits per heavy atom. The highest BCUT2D eigenvalue weighted by atomic mass is 16.5. The minimum Gasteiger partial charge on any atom is -0.494 e. The van der Waals surface area contributed by atoms with Crippen molar-refractivity contribution in [2.24, 2.45) is 11.8 Å². The minimum atomic E-state index is -0.560. The zero-order valence-corrected chi connectivity index (χ0v) is 22.0. The van der Waals surface area contributed by atoms with E-state index in [9.17, 15) is 9.90 Å². The number of aliphatic hydroxyl groups excluding tert-OH is 1. The second-order valence-corrected chi connectivity index (χ2v) is 11.0. The van der Waals surface area contributed by atoms with Crippen molar-refractivity contribution in [3.8, 4) is 5.75 Å². The Hall–Kier alpha value is -2.37. The molecule has 36 heavy (non-hydrogen) atoms. The number of hydrogen-bond donors (Lipinski definition) is 2. The summed E-state index contributed by atoms with van der Waals surface area (Å²) in [4.78, 5) is 15.3. The number of nitrogens with one attached hydrogen (secondary N) is 1. The van der Waals surface area contributed by atoms with Crippen LogP contribution in [0.3, 0.4) is 0 Å². The summed E-state index contributed by atoms with van der Waals surface area (Å²) in [6.45, 7) is 5.68. The summed E-state index contributed by atoms with van der Waals surface area (Å²) in [5, 5.41) is 13.3. The number of ether oxygens (including phenoxy) is 1. The zero-order valence-electron chi connectivity index (χ0n) is 22.0. The summed E-state index contributed by atoms with van der Waals surface area (Å²) in [6.07, 6.45) is 10.7. The van der Waals surface area contributed by atoms with Gasteiger partial charge >= 0.3 is 0 Å². The molecule has 5 heteroatoms. The lowest BCUT2D eigenvalue weighted by Crippen LogP contribution is -2.57. The van der Waals surface area contributed by atoms with Crippen LogP contribution in [0.4, 0.5) is 0 Å². The monoisotopic (exact) mass is 492 g/mol. The highest BCUT2D eigenvalue weighted by Gasteiger charge is 2.35. The molecule has 0 aromatic heterocycles. The molecular formula is C31H44N2O3. The Bertz CT molecular complexity index is 923. The Labute approximate surface area is 217 Å². The number of carbonyl (C=O) groups excluding carboxylic acids is 1. The number of aliphatic hydroxyl groups is 1. The lowest BCUT2D eigenvalue weighted by Gasteiger charge is -2.41. The Kier molecular flexibility index (Phi) is 9.82. The number of amides is 1. The van der Waals surface area contributed by atoms with Gasteiger partial charge in [-0.15, -0.1) is 0 Å². The number of rotatable bonds is 12. The first-order valence-corrected chi connectivity index (χ1v) is 14.0. The van der Waals surface area contributed by atoms with Crippen LogP contribution in [0.5, 0.6) is 5.75 Å². The van der Waals surface area contributed by atoms with Crippen LogP contribution in [0, 0.1) is 11.8 Å². The largest absolute Gasteiger partial charge is 0.494 e. The van der Waals surface area contributed by atoms with E-state index in [1.165, 1.54) is 44.1 Å². The normalized spacial score (nSPS) is 21.8. The molecule has 2 fully saturated rings. The van der Waals surface area contributed by atoms with Crippen LogP contribution >= 0.6 is 0 Å². The van der Waals surface area contributed by atoms with Gasteiger partial charge in [-0.2, -0.15) is 0 Å². The van der Waals surface area contributed by atoms with Gasteiger partial charge in [0.05, 0.1) is 18.8 Å². The van der Waals surface area contributed by atoms with Gasteiger partial charge in [0, 0.05) is 25.2 Å². The summed E-state index contributed by atoms with van der Waals surface area (Å²) in [5.74, 6) is 2.53. The van der Waals surface area contributed by atoms with Crippen LogP contribution in [-0.2, 0) is 6.54 Å². The third-order valence-corrected chi connectivity index (χ3v) is 8.39. The third kappa shape index (κ3) is 7.57. The van der Waals surface area contributed by atoms with E-state index in [0.717, 1.165) is 63.1 Å². The van der Waals surface area contributed by atoms with E-state index in [0.29, 0.717) is 5.56 Å². The molecule has 2 aromatic rings. The van der Waals surface area contributed by atoms with Crippen molar-refractivity contribution in [1.29, 1.82) is 0 Å². The second-order valence-electron chi connectivity index (χ2n) is 11.0. The standard InChI is InChI=1S/C31H44N2O3/c1-25-9-8-13-27(25)12-6-3-7-22-36-29-16-14-28(15-17-29)30(35)32-31(24-34)18-20-33(21-19-31)23-26-10-4-2-5-11-26/h2,4-5,10-11,14-17,25,27,34H,3,6-9,12-13,18-24H2,1H3,(H,32,35). The molecule has 196 valence electrons. The third-order valence-electron chi connectivity index (χ3n) is 8.39. The molecule has 5 nitrogen and oxygen atoms in total. The molecule has 2 N–H and O–H groups in total. The number of piperidine rings is 1. The van der Waals surface area contributed by atoms with Crippen LogP contribution in [0.1, 0.15) is 80.6 Å². The predicted octanol–water partition coefficient (Wildman–Crippen LogP) is 5.82. The van der Waals surface area contributed by atoms with Crippen LogP contribution in [0.15, 0.2) is 54.6 Å². The highest BCUT2D eigenvalue weighted by molar-refractivity contribution is 5.94. The van der Waals surface area contributed by atoms with Gasteiger partial charge in [-0.3, -0.25) is 9.69 Å². The second kappa shape index (κ2) is 13.3. The molecule has 0 spiro atoms. The number of hydrogen-bond acceptors (Lipinski definition) is 4. The average molecular weight is 493 g/mol. The number of nitrogens with zero attached hydrogens (tertiary/aromatic N) is 1. The van der Waals surface area contributed by atoms with Gasteiger partial charge in [-0.25, -0.2) is 0 Å². The molecule has 0 radical (unpaired) electrons. The molecule has 2 atom stereocenters. The molecule has 2 aliphatic rings. The smallest absolute Gasteiger partial charge is 0.251 e. The highest BCUT2D eigenvalue weighted by Crippen LogP contribution is 2.34. The average Bonchev–Trinajstić information content (AvgIpc) is 3.32. The van der Waals surface area contributed by atoms with Crippen LogP contribution in [0.25, 0.3) is 0 Å². The number of carbonyl (C=O) groups is 1. The topological polar surface area (TPSA) is 61.8 Å². The summed E-state index contributed by atoms with van der Waals surface area (Å²) >= 11 is 0. The Morgan fingerprint density at radius 1 is 1.03 bits per heavy atom. The molecular weight excluding hydrogens is 448 g/mol. The molecule has 1 aliphatic carbocycles. The fraction of sp³-hybridized carbons (Fsp3) is 0.581. The van der Waals surface area contributed by atoms with Crippen molar-refractivity contribution in [3.63, 3.8) is 0 Å². The maximum absolute atomic E-state index is 12.9. The van der Waals surface area contributed by atoms with Gasteiger partial charge in [0.1, 0.15) is 5.75 Å². The molecule has 1 saturated carbocycles. The molecule has 4 rings (SSSR count). The van der Waals surface area contributed by atoms with Crippen molar-refractivity contribution < 1.29 is 14.6 Å². The Morgan fingerprint density at radius 3 is 2.44 bits per heavy atom. The summed E-state index contributed by atoms with van der Waals surface area (Å²) in [6, 6.07) is 17.8. The van der Waals surface area contributed by atoms with Gasteiger partial charge < -0.3 is 15.2 Å². The minimum absolute atomic E-state index is 0.0429. The molecule has 1 saturated heterocycles. The van der Waals surface area contributed by atoms with Gasteiger partial charge in [0.15, 0.2) is 0 Å². The SMILES string of the molecule is CC1CCCC1CCCCCOc1ccc(C(=O)NC2(CO)CCN(Cc3ccccc3)CC2)cc1. The molecule has 2 aromatic carbocycles. The van der Waals surface area contributed by atoms with Crippen LogP contribution in [-0.4, -0.2) is 47.8 Å². The first-order chi connectivity index (χ1) is 17.6. The molecule has 1 heterocycles. The van der Waals surface area contributed by atoms with Gasteiger partial charge in [0.25, 0.3) is 5.91 Å². The summed E-state index contributed by atoms with van der Waals surface area (Å²) < 4.78 is 5.91. The molecule has 2 unspecified atom stereocenters. The lowest BCUT2D eigenvalue weighted by molar-refractivity contribution is 0.0601. The van der Waals surface area contributed by atoms with E-state index in [2.05, 4.69) is 41.4 Å². The van der Waals surface area contributed by atoms with Crippen molar-refractivity contribution in [2.75, 3.05) is 26.3 Å². The van der Waals surface area contributed by atoms with Crippen molar-refractivity contribution >= 4 is 5.91 Å². The number of unbranched alkanes of at least 4 members (excludes halogenated alkanes) is 2. The van der Waals surface area contributed by atoms with E-state index in [1.54, 1.807) is 0 Å². The maximum atomic E-state index is 12.9. The first kappa shape index (κ1) is 26.7. The van der Waals surface area contributed by atoms with E-state index in [4.69, 9.17) is 4.74 Å². The van der Waals surface area contributed by atoms with E-state index >= 15 is 0 Å². The molecule has 1 amide bonds. The zero-order chi connectivity index (χ0) is 25.2. The molecule has 0 bridgehead atoms. The summed E-state index contributed by atoms with van der Waals surface area (Å²) in [5.41, 5.74) is 1.34. The summed E-state index contributed by atoms with van der Waals surface area (Å²) in [7, 11) is 0. The fourth-order valence-electron chi connectivity index (χ4n) is 5.85. The van der Waals surface area contributed by atoms with Crippen LogP contribution in [0.2, 0.25) is 0 Å². The quantitative estimate of drug-likeness (QED) is 0.367. The predicted molar refractivity (Wildman–Crippen MR) is 145 cm³/mol. The van der Waals surface area contributed by atoms with E-state index < -0.39 is 5.54 Å². The first-order valence-electron chi connectivity index (χ1n) is 14.0. The van der Waals surface area contributed by atoms with Gasteiger partial charge in [-0.1, -0.05) is 75.8 Å². The van der Waals surface area contributed by atoms with Crippen molar-refractivity contribution in [1.82, 2.24) is 10.2 Å². The lowest BCUT2D eigenvalue weighted by atomic mass is 9.87. The van der Waals surface area contributed by atoms with Gasteiger partial charge in [0.2, 0.25) is 0 Å². The van der Waals surface area contributed by atoms with Crippen molar-refractivity contribution in [3.05, 3.63) is 65.7 Å². The van der Waals surface area contributed by atoms with Crippen molar-refractivity contribution in [2.45, 2.75) is 76.8 Å². The number of likely N-dealkylation sites (tertiary alicyclic amines) is 1. The molecule has 1 aliphatic heterocycles. The Balaban J connectivity index is 1.16. The maximum Gasteiger partial charge on any atom is 0.251 e.